The number of nitrogens with zero attached hydrogens (tertiary/aromatic N) is 2. The van der Waals surface area contributed by atoms with Gasteiger partial charge in [0.05, 0.1) is 11.0 Å². The van der Waals surface area contributed by atoms with Crippen LogP contribution in [0.1, 0.15) is 0 Å². The van der Waals surface area contributed by atoms with Crippen LogP contribution in [0.5, 0.6) is 0 Å². The third kappa shape index (κ3) is 6.12. The van der Waals surface area contributed by atoms with Crippen molar-refractivity contribution in [1.29, 1.82) is 0 Å². The zero-order valence-electron chi connectivity index (χ0n) is 34.0. The molecule has 11 aromatic carbocycles. The molecule has 12 rings (SSSR count). The molecule has 0 fully saturated rings. The molecule has 1 heterocycles. The first kappa shape index (κ1) is 35.7. The SMILES string of the molecule is c1ccc(-n2c3ccccc3c3cc(-c4ccc5cc(N(c6ccc(-c7cccc8ccccc78)cc6)c6ccc(-c7cccc8ccccc78)cc6)ccc5c4)ccc32)cc1. The topological polar surface area (TPSA) is 8.17 Å². The van der Waals surface area contributed by atoms with E-state index in [1.807, 2.05) is 0 Å². The van der Waals surface area contributed by atoms with Gasteiger partial charge in [0, 0.05) is 33.5 Å². The fraction of sp³-hybridized carbons (Fsp3) is 0. The van der Waals surface area contributed by atoms with Gasteiger partial charge in [0.15, 0.2) is 0 Å². The Morgan fingerprint density at radius 3 is 1.39 bits per heavy atom. The Hall–Kier alpha value is -8.20. The summed E-state index contributed by atoms with van der Waals surface area (Å²) in [6.45, 7) is 0. The van der Waals surface area contributed by atoms with E-state index in [1.165, 1.54) is 93.2 Å². The largest absolute Gasteiger partial charge is 0.310 e. The quantitative estimate of drug-likeness (QED) is 0.156. The number of para-hydroxylation sites is 2. The van der Waals surface area contributed by atoms with Crippen molar-refractivity contribution in [3.05, 3.63) is 243 Å². The third-order valence-corrected chi connectivity index (χ3v) is 12.6. The maximum Gasteiger partial charge on any atom is 0.0541 e. The first-order valence-electron chi connectivity index (χ1n) is 21.3. The highest BCUT2D eigenvalue weighted by Gasteiger charge is 2.17. The molecule has 0 saturated carbocycles. The Balaban J connectivity index is 0.938. The molecule has 0 aliphatic carbocycles. The summed E-state index contributed by atoms with van der Waals surface area (Å²) < 4.78 is 2.37. The summed E-state index contributed by atoms with van der Waals surface area (Å²) in [5.74, 6) is 0. The molecule has 0 bridgehead atoms. The molecule has 0 spiro atoms. The molecule has 0 unspecified atom stereocenters. The maximum atomic E-state index is 2.38. The highest BCUT2D eigenvalue weighted by molar-refractivity contribution is 6.11. The van der Waals surface area contributed by atoms with Gasteiger partial charge < -0.3 is 9.47 Å². The van der Waals surface area contributed by atoms with Crippen molar-refractivity contribution in [2.24, 2.45) is 0 Å². The zero-order valence-corrected chi connectivity index (χ0v) is 34.0. The fourth-order valence-electron chi connectivity index (χ4n) is 9.54. The van der Waals surface area contributed by atoms with E-state index in [1.54, 1.807) is 0 Å². The highest BCUT2D eigenvalue weighted by atomic mass is 15.1. The minimum Gasteiger partial charge on any atom is -0.310 e. The summed E-state index contributed by atoms with van der Waals surface area (Å²) >= 11 is 0. The lowest BCUT2D eigenvalue weighted by Crippen LogP contribution is -2.09. The molecule has 0 aliphatic rings. The molecule has 0 saturated heterocycles. The number of hydrogen-bond acceptors (Lipinski definition) is 1. The molecule has 0 aliphatic heterocycles. The zero-order chi connectivity index (χ0) is 41.0. The second-order valence-corrected chi connectivity index (χ2v) is 16.1. The van der Waals surface area contributed by atoms with Crippen LogP contribution in [0.4, 0.5) is 17.1 Å². The summed E-state index contributed by atoms with van der Waals surface area (Å²) in [5, 5.41) is 9.93. The van der Waals surface area contributed by atoms with Crippen molar-refractivity contribution in [3.8, 4) is 39.1 Å². The number of aromatic nitrogens is 1. The van der Waals surface area contributed by atoms with Gasteiger partial charge in [0.25, 0.3) is 0 Å². The van der Waals surface area contributed by atoms with Crippen molar-refractivity contribution in [1.82, 2.24) is 4.57 Å². The molecule has 2 nitrogen and oxygen atoms in total. The molecule has 0 radical (unpaired) electrons. The first-order valence-corrected chi connectivity index (χ1v) is 21.3. The molecule has 0 atom stereocenters. The van der Waals surface area contributed by atoms with E-state index in [2.05, 4.69) is 252 Å². The number of anilines is 3. The molecular formula is C60H40N2. The number of benzene rings is 11. The van der Waals surface area contributed by atoms with Gasteiger partial charge >= 0.3 is 0 Å². The van der Waals surface area contributed by atoms with Gasteiger partial charge in [-0.15, -0.1) is 0 Å². The lowest BCUT2D eigenvalue weighted by Gasteiger charge is -2.26. The molecule has 62 heavy (non-hydrogen) atoms. The van der Waals surface area contributed by atoms with Gasteiger partial charge in [-0.3, -0.25) is 0 Å². The van der Waals surface area contributed by atoms with Crippen LogP contribution in [0.2, 0.25) is 0 Å². The lowest BCUT2D eigenvalue weighted by atomic mass is 9.97. The summed E-state index contributed by atoms with van der Waals surface area (Å²) in [4.78, 5) is 2.38. The molecule has 1 aromatic heterocycles. The average Bonchev–Trinajstić information content (AvgIpc) is 3.68. The second kappa shape index (κ2) is 14.8. The number of rotatable bonds is 7. The number of fused-ring (bicyclic) bond motifs is 6. The second-order valence-electron chi connectivity index (χ2n) is 16.1. The van der Waals surface area contributed by atoms with Gasteiger partial charge in [0.2, 0.25) is 0 Å². The average molecular weight is 789 g/mol. The molecule has 2 heteroatoms. The van der Waals surface area contributed by atoms with Crippen molar-refractivity contribution in [2.75, 3.05) is 4.90 Å². The number of hydrogen-bond donors (Lipinski definition) is 0. The normalized spacial score (nSPS) is 11.5. The summed E-state index contributed by atoms with van der Waals surface area (Å²) in [7, 11) is 0. The van der Waals surface area contributed by atoms with E-state index in [-0.39, 0.29) is 0 Å². The van der Waals surface area contributed by atoms with Gasteiger partial charge in [0.1, 0.15) is 0 Å². The van der Waals surface area contributed by atoms with Crippen LogP contribution >= 0.6 is 0 Å². The Kier molecular flexibility index (Phi) is 8.53. The van der Waals surface area contributed by atoms with Crippen LogP contribution in [0, 0.1) is 0 Å². The van der Waals surface area contributed by atoms with Crippen molar-refractivity contribution in [3.63, 3.8) is 0 Å². The van der Waals surface area contributed by atoms with E-state index < -0.39 is 0 Å². The van der Waals surface area contributed by atoms with Crippen LogP contribution in [0.25, 0.3) is 93.2 Å². The van der Waals surface area contributed by atoms with Crippen LogP contribution in [0.15, 0.2) is 243 Å². The van der Waals surface area contributed by atoms with E-state index in [0.29, 0.717) is 0 Å². The molecule has 0 amide bonds. The molecule has 290 valence electrons. The summed E-state index contributed by atoms with van der Waals surface area (Å²) in [5.41, 5.74) is 14.2. The van der Waals surface area contributed by atoms with E-state index >= 15 is 0 Å². The molecule has 0 N–H and O–H groups in total. The van der Waals surface area contributed by atoms with Crippen molar-refractivity contribution >= 4 is 71.2 Å². The van der Waals surface area contributed by atoms with Crippen molar-refractivity contribution in [2.45, 2.75) is 0 Å². The van der Waals surface area contributed by atoms with Crippen LogP contribution < -0.4 is 4.90 Å². The van der Waals surface area contributed by atoms with Gasteiger partial charge in [-0.2, -0.15) is 0 Å². The summed E-state index contributed by atoms with van der Waals surface area (Å²) in [6.07, 6.45) is 0. The Labute approximate surface area is 360 Å². The maximum absolute atomic E-state index is 2.38. The molecule has 12 aromatic rings. The predicted molar refractivity (Wildman–Crippen MR) is 264 cm³/mol. The standard InChI is InChI=1S/C60H40N2/c1-2-16-49(17-3-1)62-59-23-9-8-20-57(59)58-40-48(31-37-60(58)62)45-24-25-47-39-52(36-30-46(47)38-45)61(50-32-26-43(27-33-50)55-21-10-14-41-12-4-6-18-53(41)55)51-34-28-44(29-35-51)56-22-11-15-42-13-5-7-19-54(42)56/h1-40H. The minimum absolute atomic E-state index is 1.10. The predicted octanol–water partition coefficient (Wildman–Crippen LogP) is 16.7. The van der Waals surface area contributed by atoms with Crippen LogP contribution in [-0.4, -0.2) is 4.57 Å². The molecular weight excluding hydrogens is 749 g/mol. The fourth-order valence-corrected chi connectivity index (χ4v) is 9.54. The minimum atomic E-state index is 1.10. The van der Waals surface area contributed by atoms with Gasteiger partial charge in [-0.25, -0.2) is 0 Å². The highest BCUT2D eigenvalue weighted by Crippen LogP contribution is 2.41. The van der Waals surface area contributed by atoms with E-state index in [9.17, 15) is 0 Å². The van der Waals surface area contributed by atoms with Crippen molar-refractivity contribution < 1.29 is 0 Å². The lowest BCUT2D eigenvalue weighted by molar-refractivity contribution is 1.18. The Bertz CT molecular complexity index is 3480. The van der Waals surface area contributed by atoms with Gasteiger partial charge in [-0.1, -0.05) is 170 Å². The Morgan fingerprint density at radius 1 is 0.258 bits per heavy atom. The van der Waals surface area contributed by atoms with Crippen LogP contribution in [0.3, 0.4) is 0 Å². The van der Waals surface area contributed by atoms with Gasteiger partial charge in [-0.05, 0) is 138 Å². The third-order valence-electron chi connectivity index (χ3n) is 12.6. The first-order chi connectivity index (χ1) is 30.7. The summed E-state index contributed by atoms with van der Waals surface area (Å²) in [6, 6.07) is 88.5. The Morgan fingerprint density at radius 2 is 0.726 bits per heavy atom. The monoisotopic (exact) mass is 788 g/mol. The smallest absolute Gasteiger partial charge is 0.0541 e. The van der Waals surface area contributed by atoms with Crippen LogP contribution in [-0.2, 0) is 0 Å². The van der Waals surface area contributed by atoms with E-state index in [0.717, 1.165) is 17.1 Å². The van der Waals surface area contributed by atoms with E-state index in [4.69, 9.17) is 0 Å².